The molecular formula is C18H18ClFN2O3S. The summed E-state index contributed by atoms with van der Waals surface area (Å²) < 4.78 is 39.0. The van der Waals surface area contributed by atoms with Crippen LogP contribution in [0.2, 0.25) is 5.02 Å². The van der Waals surface area contributed by atoms with Crippen molar-refractivity contribution in [3.05, 3.63) is 77.1 Å². The molecule has 0 atom stereocenters. The number of halogens is 2. The van der Waals surface area contributed by atoms with E-state index in [0.29, 0.717) is 5.56 Å². The molecule has 2 aromatic carbocycles. The van der Waals surface area contributed by atoms with Crippen molar-refractivity contribution in [2.75, 3.05) is 17.5 Å². The Balaban J connectivity index is 2.32. The standard InChI is InChI=1S/C18H18ClFN2O3S/c1-3-10-22(12-14-6-4-5-7-16(14)20)18(23)13-8-9-15(19)17(11-13)21-26(2,24)25/h3-9,11,21H,1,10,12H2,2H3. The maximum atomic E-state index is 13.9. The molecule has 0 bridgehead atoms. The van der Waals surface area contributed by atoms with Crippen LogP contribution in [0.25, 0.3) is 0 Å². The van der Waals surface area contributed by atoms with Gasteiger partial charge in [-0.05, 0) is 24.3 Å². The Bertz CT molecular complexity index is 932. The molecule has 138 valence electrons. The lowest BCUT2D eigenvalue weighted by molar-refractivity contribution is 0.0761. The maximum absolute atomic E-state index is 13.9. The molecular weight excluding hydrogens is 379 g/mol. The normalized spacial score (nSPS) is 11.0. The Morgan fingerprint density at radius 2 is 2.00 bits per heavy atom. The van der Waals surface area contributed by atoms with Crippen molar-refractivity contribution in [1.82, 2.24) is 4.90 Å². The molecule has 0 fully saturated rings. The number of rotatable bonds is 7. The van der Waals surface area contributed by atoms with Gasteiger partial charge in [0.05, 0.1) is 17.0 Å². The molecule has 26 heavy (non-hydrogen) atoms. The largest absolute Gasteiger partial charge is 0.330 e. The summed E-state index contributed by atoms with van der Waals surface area (Å²) in [5, 5.41) is 0.163. The lowest BCUT2D eigenvalue weighted by Gasteiger charge is -2.22. The van der Waals surface area contributed by atoms with Crippen LogP contribution >= 0.6 is 11.6 Å². The van der Waals surface area contributed by atoms with Crippen molar-refractivity contribution in [2.24, 2.45) is 0 Å². The van der Waals surface area contributed by atoms with Crippen molar-refractivity contribution in [2.45, 2.75) is 6.54 Å². The van der Waals surface area contributed by atoms with E-state index in [1.165, 1.54) is 35.2 Å². The second-order valence-corrected chi connectivity index (χ2v) is 7.79. The second kappa shape index (κ2) is 8.33. The number of carbonyl (C=O) groups is 1. The van der Waals surface area contributed by atoms with Crippen LogP contribution in [0, 0.1) is 5.82 Å². The molecule has 0 radical (unpaired) electrons. The first kappa shape index (κ1) is 19.9. The summed E-state index contributed by atoms with van der Waals surface area (Å²) in [5.41, 5.74) is 0.689. The van der Waals surface area contributed by atoms with Gasteiger partial charge in [0.15, 0.2) is 0 Å². The fourth-order valence-corrected chi connectivity index (χ4v) is 3.12. The zero-order chi connectivity index (χ0) is 19.3. The molecule has 2 aromatic rings. The third-order valence-corrected chi connectivity index (χ3v) is 4.38. The highest BCUT2D eigenvalue weighted by atomic mass is 35.5. The third kappa shape index (κ3) is 5.31. The number of carbonyl (C=O) groups excluding carboxylic acids is 1. The molecule has 8 heteroatoms. The van der Waals surface area contributed by atoms with E-state index in [1.54, 1.807) is 18.2 Å². The summed E-state index contributed by atoms with van der Waals surface area (Å²) >= 11 is 5.98. The number of benzene rings is 2. The first-order valence-electron chi connectivity index (χ1n) is 7.62. The Morgan fingerprint density at radius 3 is 2.62 bits per heavy atom. The van der Waals surface area contributed by atoms with Crippen LogP contribution < -0.4 is 4.72 Å². The molecule has 0 aromatic heterocycles. The van der Waals surface area contributed by atoms with Crippen LogP contribution in [0.15, 0.2) is 55.1 Å². The van der Waals surface area contributed by atoms with Crippen molar-refractivity contribution in [3.63, 3.8) is 0 Å². The van der Waals surface area contributed by atoms with Crippen LogP contribution in [-0.2, 0) is 16.6 Å². The molecule has 0 aliphatic rings. The van der Waals surface area contributed by atoms with Crippen LogP contribution in [0.5, 0.6) is 0 Å². The van der Waals surface area contributed by atoms with E-state index >= 15 is 0 Å². The van der Waals surface area contributed by atoms with Crippen LogP contribution in [0.3, 0.4) is 0 Å². The molecule has 0 aliphatic heterocycles. The molecule has 5 nitrogen and oxygen atoms in total. The molecule has 0 unspecified atom stereocenters. The van der Waals surface area contributed by atoms with Gasteiger partial charge in [-0.1, -0.05) is 35.9 Å². The average molecular weight is 397 g/mol. The summed E-state index contributed by atoms with van der Waals surface area (Å²) in [6.45, 7) is 3.87. The van der Waals surface area contributed by atoms with Gasteiger partial charge < -0.3 is 4.90 Å². The zero-order valence-electron chi connectivity index (χ0n) is 14.1. The van der Waals surface area contributed by atoms with Crippen LogP contribution in [0.4, 0.5) is 10.1 Å². The number of sulfonamides is 1. The van der Waals surface area contributed by atoms with E-state index in [9.17, 15) is 17.6 Å². The van der Waals surface area contributed by atoms with Gasteiger partial charge >= 0.3 is 0 Å². The summed E-state index contributed by atoms with van der Waals surface area (Å²) in [7, 11) is -3.55. The van der Waals surface area contributed by atoms with E-state index in [1.807, 2.05) is 0 Å². The SMILES string of the molecule is C=CCN(Cc1ccccc1F)C(=O)c1ccc(Cl)c(NS(C)(=O)=O)c1. The first-order valence-corrected chi connectivity index (χ1v) is 9.89. The highest BCUT2D eigenvalue weighted by Gasteiger charge is 2.18. The van der Waals surface area contributed by atoms with Gasteiger partial charge in [0.25, 0.3) is 5.91 Å². The fourth-order valence-electron chi connectivity index (χ4n) is 2.33. The Hall–Kier alpha value is -2.38. The summed E-state index contributed by atoms with van der Waals surface area (Å²) in [6, 6.07) is 10.4. The van der Waals surface area contributed by atoms with Gasteiger partial charge in [-0.3, -0.25) is 9.52 Å². The molecule has 0 spiro atoms. The molecule has 1 amide bonds. The van der Waals surface area contributed by atoms with Gasteiger partial charge in [0.1, 0.15) is 5.82 Å². The molecule has 1 N–H and O–H groups in total. The Morgan fingerprint density at radius 1 is 1.31 bits per heavy atom. The highest BCUT2D eigenvalue weighted by molar-refractivity contribution is 7.92. The molecule has 2 rings (SSSR count). The fraction of sp³-hybridized carbons (Fsp3) is 0.167. The van der Waals surface area contributed by atoms with Gasteiger partial charge in [-0.25, -0.2) is 12.8 Å². The predicted molar refractivity (Wildman–Crippen MR) is 101 cm³/mol. The number of hydrogen-bond acceptors (Lipinski definition) is 3. The number of anilines is 1. The predicted octanol–water partition coefficient (Wildman–Crippen LogP) is 3.68. The van der Waals surface area contributed by atoms with Gasteiger partial charge in [-0.2, -0.15) is 0 Å². The zero-order valence-corrected chi connectivity index (χ0v) is 15.6. The van der Waals surface area contributed by atoms with Gasteiger partial charge in [0, 0.05) is 24.2 Å². The lowest BCUT2D eigenvalue weighted by Crippen LogP contribution is -2.31. The second-order valence-electron chi connectivity index (χ2n) is 5.63. The van der Waals surface area contributed by atoms with Crippen LogP contribution in [-0.4, -0.2) is 32.0 Å². The summed E-state index contributed by atoms with van der Waals surface area (Å²) in [4.78, 5) is 14.2. The quantitative estimate of drug-likeness (QED) is 0.726. The topological polar surface area (TPSA) is 66.5 Å². The van der Waals surface area contributed by atoms with Crippen molar-refractivity contribution < 1.29 is 17.6 Å². The average Bonchev–Trinajstić information content (AvgIpc) is 2.56. The molecule has 0 saturated carbocycles. The minimum absolute atomic E-state index is 0.0506. The Labute approximate surface area is 157 Å². The van der Waals surface area contributed by atoms with E-state index < -0.39 is 21.7 Å². The van der Waals surface area contributed by atoms with Crippen LogP contribution in [0.1, 0.15) is 15.9 Å². The van der Waals surface area contributed by atoms with Crippen molar-refractivity contribution in [3.8, 4) is 0 Å². The van der Waals surface area contributed by atoms with Gasteiger partial charge in [-0.15, -0.1) is 6.58 Å². The van der Waals surface area contributed by atoms with E-state index in [-0.39, 0.29) is 29.4 Å². The minimum atomic E-state index is -3.55. The van der Waals surface area contributed by atoms with E-state index in [4.69, 9.17) is 11.6 Å². The highest BCUT2D eigenvalue weighted by Crippen LogP contribution is 2.25. The summed E-state index contributed by atoms with van der Waals surface area (Å²) in [5.74, 6) is -0.814. The third-order valence-electron chi connectivity index (χ3n) is 3.46. The number of nitrogens with zero attached hydrogens (tertiary/aromatic N) is 1. The molecule has 0 saturated heterocycles. The number of amides is 1. The smallest absolute Gasteiger partial charge is 0.254 e. The molecule has 0 heterocycles. The monoisotopic (exact) mass is 396 g/mol. The number of hydrogen-bond donors (Lipinski definition) is 1. The van der Waals surface area contributed by atoms with Gasteiger partial charge in [0.2, 0.25) is 10.0 Å². The Kier molecular flexibility index (Phi) is 6.39. The maximum Gasteiger partial charge on any atom is 0.254 e. The minimum Gasteiger partial charge on any atom is -0.330 e. The van der Waals surface area contributed by atoms with E-state index in [2.05, 4.69) is 11.3 Å². The first-order chi connectivity index (χ1) is 12.2. The molecule has 0 aliphatic carbocycles. The lowest BCUT2D eigenvalue weighted by atomic mass is 10.1. The summed E-state index contributed by atoms with van der Waals surface area (Å²) in [6.07, 6.45) is 2.52. The van der Waals surface area contributed by atoms with E-state index in [0.717, 1.165) is 6.26 Å². The number of nitrogens with one attached hydrogen (secondary N) is 1. The van der Waals surface area contributed by atoms with Crippen molar-refractivity contribution >= 4 is 33.2 Å². The van der Waals surface area contributed by atoms with Crippen molar-refractivity contribution in [1.29, 1.82) is 0 Å².